The number of non-ortho nitro benzene ring substituents is 1. The molecule has 1 fully saturated rings. The van der Waals surface area contributed by atoms with Gasteiger partial charge in [0.15, 0.2) is 11.5 Å². The van der Waals surface area contributed by atoms with E-state index in [1.54, 1.807) is 11.0 Å². The van der Waals surface area contributed by atoms with Gasteiger partial charge in [-0.25, -0.2) is 0 Å². The minimum Gasteiger partial charge on any atom is -0.486 e. The molecule has 2 aliphatic heterocycles. The maximum absolute atomic E-state index is 13.6. The minimum absolute atomic E-state index is 0.0750. The molecule has 0 saturated carbocycles. The summed E-state index contributed by atoms with van der Waals surface area (Å²) >= 11 is 0. The lowest BCUT2D eigenvalue weighted by Crippen LogP contribution is -2.35. The topological polar surface area (TPSA) is 85.1 Å². The first kappa shape index (κ1) is 21.0. The zero-order valence-corrected chi connectivity index (χ0v) is 17.7. The summed E-state index contributed by atoms with van der Waals surface area (Å²) in [7, 11) is 0. The lowest BCUT2D eigenvalue weighted by molar-refractivity contribution is -0.384. The van der Waals surface area contributed by atoms with Crippen molar-refractivity contribution in [2.24, 2.45) is 0 Å². The number of nitrogens with zero attached hydrogens (tertiary/aromatic N) is 3. The Bertz CT molecular complexity index is 972. The normalized spacial score (nSPS) is 15.5. The van der Waals surface area contributed by atoms with Crippen LogP contribution in [-0.4, -0.2) is 48.6 Å². The number of ether oxygens (including phenoxy) is 2. The molecule has 8 heteroatoms. The van der Waals surface area contributed by atoms with Gasteiger partial charge in [0.05, 0.1) is 16.2 Å². The summed E-state index contributed by atoms with van der Waals surface area (Å²) in [5.41, 5.74) is 1.93. The number of piperidine rings is 1. The fraction of sp³-hybridized carbons (Fsp3) is 0.435. The third kappa shape index (κ3) is 4.42. The molecule has 2 aromatic rings. The fourth-order valence-corrected chi connectivity index (χ4v) is 4.18. The van der Waals surface area contributed by atoms with E-state index in [2.05, 4.69) is 4.90 Å². The van der Waals surface area contributed by atoms with Crippen molar-refractivity contribution in [1.29, 1.82) is 0 Å². The van der Waals surface area contributed by atoms with Crippen LogP contribution in [0.5, 0.6) is 11.5 Å². The number of fused-ring (bicyclic) bond motifs is 1. The van der Waals surface area contributed by atoms with Gasteiger partial charge in [0.2, 0.25) is 0 Å². The van der Waals surface area contributed by atoms with E-state index < -0.39 is 4.92 Å². The van der Waals surface area contributed by atoms with Gasteiger partial charge in [0.25, 0.3) is 11.6 Å². The Balaban J connectivity index is 1.66. The monoisotopic (exact) mass is 425 g/mol. The van der Waals surface area contributed by atoms with E-state index in [1.807, 2.05) is 25.1 Å². The van der Waals surface area contributed by atoms with Crippen molar-refractivity contribution in [3.8, 4) is 11.5 Å². The van der Waals surface area contributed by atoms with Crippen molar-refractivity contribution in [3.05, 3.63) is 57.6 Å². The van der Waals surface area contributed by atoms with Crippen molar-refractivity contribution >= 4 is 17.3 Å². The van der Waals surface area contributed by atoms with E-state index in [4.69, 9.17) is 9.47 Å². The molecule has 1 amide bonds. The third-order valence-electron chi connectivity index (χ3n) is 5.80. The van der Waals surface area contributed by atoms with E-state index in [0.29, 0.717) is 43.4 Å². The number of anilines is 1. The van der Waals surface area contributed by atoms with Crippen LogP contribution >= 0.6 is 0 Å². The van der Waals surface area contributed by atoms with Gasteiger partial charge in [-0.2, -0.15) is 0 Å². The van der Waals surface area contributed by atoms with Crippen LogP contribution in [-0.2, 0) is 6.54 Å². The van der Waals surface area contributed by atoms with Gasteiger partial charge >= 0.3 is 0 Å². The van der Waals surface area contributed by atoms with Crippen LogP contribution in [0, 0.1) is 10.1 Å². The molecule has 4 rings (SSSR count). The van der Waals surface area contributed by atoms with E-state index in [9.17, 15) is 14.9 Å². The number of hydrogen-bond acceptors (Lipinski definition) is 6. The maximum atomic E-state index is 13.6. The molecule has 2 aromatic carbocycles. The van der Waals surface area contributed by atoms with Crippen molar-refractivity contribution in [2.75, 3.05) is 37.7 Å². The molecule has 0 spiro atoms. The Hall–Kier alpha value is -3.29. The first-order valence-electron chi connectivity index (χ1n) is 10.8. The number of amides is 1. The van der Waals surface area contributed by atoms with Gasteiger partial charge in [-0.1, -0.05) is 12.1 Å². The highest BCUT2D eigenvalue weighted by atomic mass is 16.6. The minimum atomic E-state index is -0.453. The van der Waals surface area contributed by atoms with Crippen LogP contribution in [0.4, 0.5) is 11.4 Å². The molecule has 0 atom stereocenters. The molecule has 0 bridgehead atoms. The summed E-state index contributed by atoms with van der Waals surface area (Å²) in [4.78, 5) is 28.4. The Kier molecular flexibility index (Phi) is 6.25. The fourth-order valence-electron chi connectivity index (χ4n) is 4.18. The molecular formula is C23H27N3O5. The lowest BCUT2D eigenvalue weighted by atomic mass is 10.0. The van der Waals surface area contributed by atoms with Gasteiger partial charge in [-0.15, -0.1) is 0 Å². The average molecular weight is 425 g/mol. The summed E-state index contributed by atoms with van der Waals surface area (Å²) in [6.07, 6.45) is 3.26. The number of carbonyl (C=O) groups is 1. The second kappa shape index (κ2) is 9.24. The number of para-hydroxylation sites is 1. The van der Waals surface area contributed by atoms with Crippen LogP contribution in [0.15, 0.2) is 36.4 Å². The average Bonchev–Trinajstić information content (AvgIpc) is 2.82. The van der Waals surface area contributed by atoms with Gasteiger partial charge in [0.1, 0.15) is 13.2 Å². The first-order chi connectivity index (χ1) is 15.1. The predicted octanol–water partition coefficient (Wildman–Crippen LogP) is 4.02. The van der Waals surface area contributed by atoms with E-state index in [-0.39, 0.29) is 11.6 Å². The summed E-state index contributed by atoms with van der Waals surface area (Å²) in [6.45, 7) is 5.37. The quantitative estimate of drug-likeness (QED) is 0.513. The highest BCUT2D eigenvalue weighted by Gasteiger charge is 2.26. The van der Waals surface area contributed by atoms with Crippen LogP contribution in [0.25, 0.3) is 0 Å². The molecule has 0 aromatic heterocycles. The molecule has 8 nitrogen and oxygen atoms in total. The molecule has 0 radical (unpaired) electrons. The zero-order chi connectivity index (χ0) is 21.8. The standard InChI is InChI=1S/C23H27N3O5/c1-2-24(16-17-7-6-8-21-22(17)31-14-13-30-21)23(27)19-15-18(26(28)29)9-10-20(19)25-11-4-3-5-12-25/h6-10,15H,2-5,11-14,16H2,1H3. The molecule has 0 N–H and O–H groups in total. The van der Waals surface area contributed by atoms with Crippen molar-refractivity contribution in [3.63, 3.8) is 0 Å². The second-order valence-corrected chi connectivity index (χ2v) is 7.77. The number of carbonyl (C=O) groups excluding carboxylic acids is 1. The SMILES string of the molecule is CCN(Cc1cccc2c1OCCO2)C(=O)c1cc([N+](=O)[O-])ccc1N1CCCCC1. The van der Waals surface area contributed by atoms with Gasteiger partial charge < -0.3 is 19.3 Å². The number of hydrogen-bond donors (Lipinski definition) is 0. The maximum Gasteiger partial charge on any atom is 0.270 e. The highest BCUT2D eigenvalue weighted by Crippen LogP contribution is 2.35. The molecular weight excluding hydrogens is 398 g/mol. The summed E-state index contributed by atoms with van der Waals surface area (Å²) in [6, 6.07) is 10.3. The molecule has 0 unspecified atom stereocenters. The zero-order valence-electron chi connectivity index (χ0n) is 17.7. The van der Waals surface area contributed by atoms with Crippen LogP contribution in [0.2, 0.25) is 0 Å². The highest BCUT2D eigenvalue weighted by molar-refractivity contribution is 6.00. The number of nitro groups is 1. The predicted molar refractivity (Wildman–Crippen MR) is 117 cm³/mol. The molecule has 2 heterocycles. The number of nitro benzene ring substituents is 1. The van der Waals surface area contributed by atoms with Gasteiger partial charge in [-0.05, 0) is 38.3 Å². The Morgan fingerprint density at radius 3 is 2.65 bits per heavy atom. The van der Waals surface area contributed by atoms with Crippen LogP contribution < -0.4 is 14.4 Å². The van der Waals surface area contributed by atoms with Gasteiger partial charge in [-0.3, -0.25) is 14.9 Å². The molecule has 1 saturated heterocycles. The molecule has 0 aliphatic carbocycles. The summed E-state index contributed by atoms with van der Waals surface area (Å²) in [5.74, 6) is 1.12. The van der Waals surface area contributed by atoms with Crippen molar-refractivity contribution < 1.29 is 19.2 Å². The number of benzene rings is 2. The Morgan fingerprint density at radius 1 is 1.13 bits per heavy atom. The third-order valence-corrected chi connectivity index (χ3v) is 5.80. The van der Waals surface area contributed by atoms with E-state index >= 15 is 0 Å². The van der Waals surface area contributed by atoms with Gasteiger partial charge in [0, 0.05) is 43.9 Å². The number of rotatable bonds is 6. The second-order valence-electron chi connectivity index (χ2n) is 7.77. The van der Waals surface area contributed by atoms with Crippen molar-refractivity contribution in [1.82, 2.24) is 4.90 Å². The lowest BCUT2D eigenvalue weighted by Gasteiger charge is -2.31. The van der Waals surface area contributed by atoms with Crippen LogP contribution in [0.1, 0.15) is 42.1 Å². The Morgan fingerprint density at radius 2 is 1.90 bits per heavy atom. The smallest absolute Gasteiger partial charge is 0.270 e. The first-order valence-corrected chi connectivity index (χ1v) is 10.8. The van der Waals surface area contributed by atoms with Crippen molar-refractivity contribution in [2.45, 2.75) is 32.7 Å². The molecule has 2 aliphatic rings. The summed E-state index contributed by atoms with van der Waals surface area (Å²) in [5, 5.41) is 11.4. The summed E-state index contributed by atoms with van der Waals surface area (Å²) < 4.78 is 11.4. The van der Waals surface area contributed by atoms with Crippen LogP contribution in [0.3, 0.4) is 0 Å². The largest absolute Gasteiger partial charge is 0.486 e. The molecule has 31 heavy (non-hydrogen) atoms. The van der Waals surface area contributed by atoms with E-state index in [1.165, 1.54) is 12.1 Å². The van der Waals surface area contributed by atoms with E-state index in [0.717, 1.165) is 43.6 Å². The Labute approximate surface area is 181 Å². The molecule has 164 valence electrons.